The van der Waals surface area contributed by atoms with Gasteiger partial charge in [-0.3, -0.25) is 0 Å². The summed E-state index contributed by atoms with van der Waals surface area (Å²) in [5.41, 5.74) is 1.28. The maximum atomic E-state index is 5.33. The molecule has 0 radical (unpaired) electrons. The molecule has 0 bridgehead atoms. The zero-order valence-corrected chi connectivity index (χ0v) is 18.4. The number of hydrogen-bond donors (Lipinski definition) is 0. The van der Waals surface area contributed by atoms with E-state index in [0.717, 1.165) is 47.7 Å². The van der Waals surface area contributed by atoms with E-state index in [1.807, 2.05) is 6.92 Å². The molecule has 4 saturated carbocycles. The lowest BCUT2D eigenvalue weighted by atomic mass is 9.45. The SMILES string of the molecule is Cc1noc(CCCC2CCC3C4CCC5CCCCC5(C)C4CCC23C)n1. The molecule has 4 fully saturated rings. The molecule has 0 saturated heterocycles. The zero-order valence-electron chi connectivity index (χ0n) is 18.4. The van der Waals surface area contributed by atoms with Gasteiger partial charge in [-0.1, -0.05) is 31.8 Å². The summed E-state index contributed by atoms with van der Waals surface area (Å²) in [6.45, 7) is 7.29. The molecule has 156 valence electrons. The maximum Gasteiger partial charge on any atom is 0.226 e. The van der Waals surface area contributed by atoms with Gasteiger partial charge in [0, 0.05) is 6.42 Å². The van der Waals surface area contributed by atoms with Gasteiger partial charge < -0.3 is 4.52 Å². The predicted molar refractivity (Wildman–Crippen MR) is 112 cm³/mol. The lowest BCUT2D eigenvalue weighted by Gasteiger charge is -2.60. The van der Waals surface area contributed by atoms with Gasteiger partial charge >= 0.3 is 0 Å². The molecule has 7 atom stereocenters. The van der Waals surface area contributed by atoms with Crippen LogP contribution in [0.25, 0.3) is 0 Å². The van der Waals surface area contributed by atoms with E-state index in [9.17, 15) is 0 Å². The Labute approximate surface area is 171 Å². The van der Waals surface area contributed by atoms with Gasteiger partial charge in [-0.15, -0.1) is 0 Å². The number of aromatic nitrogens is 2. The molecule has 0 aromatic carbocycles. The molecular weight excluding hydrogens is 344 g/mol. The van der Waals surface area contributed by atoms with Crippen LogP contribution in [0.1, 0.15) is 103 Å². The van der Waals surface area contributed by atoms with Crippen molar-refractivity contribution in [3.63, 3.8) is 0 Å². The van der Waals surface area contributed by atoms with Crippen molar-refractivity contribution >= 4 is 0 Å². The van der Waals surface area contributed by atoms with E-state index in [1.165, 1.54) is 70.6 Å². The second kappa shape index (κ2) is 7.13. The summed E-state index contributed by atoms with van der Waals surface area (Å²) in [7, 11) is 0. The summed E-state index contributed by atoms with van der Waals surface area (Å²) < 4.78 is 5.33. The van der Waals surface area contributed by atoms with Gasteiger partial charge in [0.2, 0.25) is 5.89 Å². The molecule has 0 N–H and O–H groups in total. The fraction of sp³-hybridized carbons (Fsp3) is 0.920. The Morgan fingerprint density at radius 1 is 0.929 bits per heavy atom. The minimum atomic E-state index is 0.601. The van der Waals surface area contributed by atoms with Crippen molar-refractivity contribution in [1.29, 1.82) is 0 Å². The standard InChI is InChI=1S/C25H40N2O/c1-17-26-23(28-27-17)9-6-8-19-11-13-21-20-12-10-18-7-4-5-15-24(18,2)22(20)14-16-25(19,21)3/h18-22H,4-16H2,1-3H3. The van der Waals surface area contributed by atoms with Gasteiger partial charge in [0.05, 0.1) is 0 Å². The Morgan fingerprint density at radius 2 is 1.79 bits per heavy atom. The quantitative estimate of drug-likeness (QED) is 0.576. The molecule has 0 spiro atoms. The van der Waals surface area contributed by atoms with Gasteiger partial charge in [-0.05, 0) is 112 Å². The summed E-state index contributed by atoms with van der Waals surface area (Å²) in [6, 6.07) is 0. The highest BCUT2D eigenvalue weighted by molar-refractivity contribution is 5.08. The molecule has 3 heteroatoms. The molecular formula is C25H40N2O. The lowest BCUT2D eigenvalue weighted by molar-refractivity contribution is -0.111. The molecule has 3 nitrogen and oxygen atoms in total. The molecule has 0 amide bonds. The average molecular weight is 385 g/mol. The summed E-state index contributed by atoms with van der Waals surface area (Å²) >= 11 is 0. The smallest absolute Gasteiger partial charge is 0.226 e. The van der Waals surface area contributed by atoms with Crippen molar-refractivity contribution in [3.8, 4) is 0 Å². The first-order valence-electron chi connectivity index (χ1n) is 12.3. The van der Waals surface area contributed by atoms with Crippen molar-refractivity contribution < 1.29 is 4.52 Å². The van der Waals surface area contributed by atoms with Crippen LogP contribution in [-0.4, -0.2) is 10.1 Å². The first-order valence-corrected chi connectivity index (χ1v) is 12.3. The fourth-order valence-electron chi connectivity index (χ4n) is 8.82. The van der Waals surface area contributed by atoms with Crippen LogP contribution in [0.15, 0.2) is 4.52 Å². The Kier molecular flexibility index (Phi) is 4.87. The number of rotatable bonds is 4. The van der Waals surface area contributed by atoms with Crippen molar-refractivity contribution in [2.75, 3.05) is 0 Å². The summed E-state index contributed by atoms with van der Waals surface area (Å²) in [5, 5.41) is 3.94. The topological polar surface area (TPSA) is 38.9 Å². The monoisotopic (exact) mass is 384 g/mol. The third-order valence-corrected chi connectivity index (χ3v) is 10.3. The summed E-state index contributed by atoms with van der Waals surface area (Å²) in [5.74, 6) is 6.63. The molecule has 4 aliphatic rings. The number of aryl methyl sites for hydroxylation is 2. The van der Waals surface area contributed by atoms with Crippen LogP contribution in [0.5, 0.6) is 0 Å². The molecule has 1 heterocycles. The number of hydrogen-bond acceptors (Lipinski definition) is 3. The molecule has 5 rings (SSSR count). The van der Waals surface area contributed by atoms with Crippen LogP contribution < -0.4 is 0 Å². The van der Waals surface area contributed by atoms with Crippen LogP contribution in [0.3, 0.4) is 0 Å². The Balaban J connectivity index is 1.26. The van der Waals surface area contributed by atoms with E-state index in [2.05, 4.69) is 24.0 Å². The number of nitrogens with zero attached hydrogens (tertiary/aromatic N) is 2. The van der Waals surface area contributed by atoms with Gasteiger partial charge in [0.25, 0.3) is 0 Å². The van der Waals surface area contributed by atoms with Crippen molar-refractivity contribution in [3.05, 3.63) is 11.7 Å². The summed E-state index contributed by atoms with van der Waals surface area (Å²) in [6.07, 6.45) is 18.6. The van der Waals surface area contributed by atoms with E-state index in [1.54, 1.807) is 6.42 Å². The van der Waals surface area contributed by atoms with Gasteiger partial charge in [0.1, 0.15) is 0 Å². The first kappa shape index (κ1) is 19.1. The van der Waals surface area contributed by atoms with Crippen molar-refractivity contribution in [2.24, 2.45) is 40.4 Å². The van der Waals surface area contributed by atoms with Crippen LogP contribution in [0.4, 0.5) is 0 Å². The number of fused-ring (bicyclic) bond motifs is 5. The molecule has 7 unspecified atom stereocenters. The molecule has 28 heavy (non-hydrogen) atoms. The van der Waals surface area contributed by atoms with E-state index in [-0.39, 0.29) is 0 Å². The predicted octanol–water partition coefficient (Wildman–Crippen LogP) is 6.75. The Bertz CT molecular complexity index is 698. The van der Waals surface area contributed by atoms with Gasteiger partial charge in [0.15, 0.2) is 5.82 Å². The van der Waals surface area contributed by atoms with Gasteiger partial charge in [-0.2, -0.15) is 4.98 Å². The average Bonchev–Trinajstić information content (AvgIpc) is 3.24. The van der Waals surface area contributed by atoms with E-state index >= 15 is 0 Å². The minimum absolute atomic E-state index is 0.601. The summed E-state index contributed by atoms with van der Waals surface area (Å²) in [4.78, 5) is 4.40. The second-order valence-corrected chi connectivity index (χ2v) is 11.3. The molecule has 1 aromatic heterocycles. The fourth-order valence-corrected chi connectivity index (χ4v) is 8.82. The van der Waals surface area contributed by atoms with Crippen LogP contribution in [0.2, 0.25) is 0 Å². The van der Waals surface area contributed by atoms with Crippen LogP contribution in [-0.2, 0) is 6.42 Å². The van der Waals surface area contributed by atoms with Crippen molar-refractivity contribution in [2.45, 2.75) is 104 Å². The van der Waals surface area contributed by atoms with Gasteiger partial charge in [-0.25, -0.2) is 0 Å². The Morgan fingerprint density at radius 3 is 2.61 bits per heavy atom. The molecule has 0 aliphatic heterocycles. The highest BCUT2D eigenvalue weighted by atomic mass is 16.5. The normalized spacial score (nSPS) is 45.3. The highest BCUT2D eigenvalue weighted by Gasteiger charge is 2.59. The lowest BCUT2D eigenvalue weighted by Crippen LogP contribution is -2.52. The molecule has 4 aliphatic carbocycles. The zero-order chi connectivity index (χ0) is 19.4. The minimum Gasteiger partial charge on any atom is -0.339 e. The third kappa shape index (κ3) is 2.98. The maximum absolute atomic E-state index is 5.33. The third-order valence-electron chi connectivity index (χ3n) is 10.3. The second-order valence-electron chi connectivity index (χ2n) is 11.3. The molecule has 1 aromatic rings. The van der Waals surface area contributed by atoms with E-state index in [0.29, 0.717) is 10.8 Å². The largest absolute Gasteiger partial charge is 0.339 e. The van der Waals surface area contributed by atoms with Crippen LogP contribution in [0, 0.1) is 47.3 Å². The van der Waals surface area contributed by atoms with E-state index < -0.39 is 0 Å². The van der Waals surface area contributed by atoms with Crippen LogP contribution >= 0.6 is 0 Å². The first-order chi connectivity index (χ1) is 13.5. The highest BCUT2D eigenvalue weighted by Crippen LogP contribution is 2.67. The van der Waals surface area contributed by atoms with E-state index in [4.69, 9.17) is 4.52 Å². The van der Waals surface area contributed by atoms with Crippen molar-refractivity contribution in [1.82, 2.24) is 10.1 Å². The Hall–Kier alpha value is -0.860.